The topological polar surface area (TPSA) is 83.6 Å². The first-order valence-corrected chi connectivity index (χ1v) is 9.95. The van der Waals surface area contributed by atoms with Crippen molar-refractivity contribution in [3.05, 3.63) is 66.2 Å². The number of aromatic amines is 1. The number of hydrogen-bond acceptors (Lipinski definition) is 4. The van der Waals surface area contributed by atoms with Gasteiger partial charge in [0.25, 0.3) is 0 Å². The van der Waals surface area contributed by atoms with Crippen molar-refractivity contribution in [2.45, 2.75) is 38.0 Å². The third-order valence-corrected chi connectivity index (χ3v) is 5.42. The summed E-state index contributed by atoms with van der Waals surface area (Å²) in [6.07, 6.45) is 8.77. The average molecular weight is 375 g/mol. The highest BCUT2D eigenvalue weighted by Gasteiger charge is 2.31. The highest BCUT2D eigenvalue weighted by atomic mass is 16.1. The fourth-order valence-corrected chi connectivity index (χ4v) is 4.03. The van der Waals surface area contributed by atoms with Gasteiger partial charge in [0.15, 0.2) is 5.82 Å². The number of rotatable bonds is 7. The zero-order chi connectivity index (χ0) is 19.2. The molecule has 1 aliphatic carbocycles. The van der Waals surface area contributed by atoms with E-state index >= 15 is 0 Å². The van der Waals surface area contributed by atoms with Gasteiger partial charge in [0.05, 0.1) is 5.92 Å². The molecular formula is C22H25N5O. The zero-order valence-corrected chi connectivity index (χ0v) is 15.8. The van der Waals surface area contributed by atoms with Crippen molar-refractivity contribution in [2.75, 3.05) is 6.54 Å². The molecule has 1 saturated carbocycles. The molecule has 2 N–H and O–H groups in total. The van der Waals surface area contributed by atoms with Crippen LogP contribution in [0.25, 0.3) is 11.4 Å². The van der Waals surface area contributed by atoms with Crippen molar-refractivity contribution >= 4 is 5.91 Å². The lowest BCUT2D eigenvalue weighted by Gasteiger charge is -2.23. The number of aromatic nitrogens is 4. The number of pyridine rings is 1. The molecule has 2 aromatic heterocycles. The Kier molecular flexibility index (Phi) is 5.75. The molecule has 4 rings (SSSR count). The molecule has 1 aromatic carbocycles. The molecule has 6 nitrogen and oxygen atoms in total. The van der Waals surface area contributed by atoms with Gasteiger partial charge < -0.3 is 5.32 Å². The first-order chi connectivity index (χ1) is 13.8. The van der Waals surface area contributed by atoms with Gasteiger partial charge in [0.2, 0.25) is 5.91 Å². The first kappa shape index (κ1) is 18.3. The summed E-state index contributed by atoms with van der Waals surface area (Å²) in [5, 5.41) is 10.3. The smallest absolute Gasteiger partial charge is 0.227 e. The SMILES string of the molecule is O=C(NCCc1nc(-c2cccnc2)n[nH]1)[C@H](c1ccccc1)C1CCCC1. The van der Waals surface area contributed by atoms with Gasteiger partial charge in [-0.3, -0.25) is 14.9 Å². The lowest BCUT2D eigenvalue weighted by atomic mass is 9.84. The van der Waals surface area contributed by atoms with Crippen LogP contribution in [-0.2, 0) is 11.2 Å². The quantitative estimate of drug-likeness (QED) is 0.662. The molecule has 0 saturated heterocycles. The summed E-state index contributed by atoms with van der Waals surface area (Å²) in [5.41, 5.74) is 1.99. The van der Waals surface area contributed by atoms with Gasteiger partial charge in [-0.25, -0.2) is 4.98 Å². The van der Waals surface area contributed by atoms with Crippen LogP contribution in [0, 0.1) is 5.92 Å². The second-order valence-corrected chi connectivity index (χ2v) is 7.32. The average Bonchev–Trinajstić information content (AvgIpc) is 3.42. The number of benzene rings is 1. The molecule has 1 amide bonds. The minimum absolute atomic E-state index is 0.0654. The summed E-state index contributed by atoms with van der Waals surface area (Å²) in [6.45, 7) is 0.538. The molecule has 144 valence electrons. The maximum atomic E-state index is 13.0. The third-order valence-electron chi connectivity index (χ3n) is 5.42. The molecule has 0 aliphatic heterocycles. The maximum absolute atomic E-state index is 13.0. The van der Waals surface area contributed by atoms with E-state index in [9.17, 15) is 4.79 Å². The van der Waals surface area contributed by atoms with Gasteiger partial charge in [-0.2, -0.15) is 5.10 Å². The molecular weight excluding hydrogens is 350 g/mol. The van der Waals surface area contributed by atoms with E-state index in [0.717, 1.165) is 29.8 Å². The summed E-state index contributed by atoms with van der Waals surface area (Å²) in [6, 6.07) is 13.9. The number of nitrogens with one attached hydrogen (secondary N) is 2. The standard InChI is InChI=1S/C22H25N5O/c28-22(20(17-9-4-5-10-17)16-7-2-1-3-8-16)24-14-12-19-25-21(27-26-19)18-11-6-13-23-15-18/h1-3,6-8,11,13,15,17,20H,4-5,9-10,12,14H2,(H,24,28)(H,25,26,27)/t20-/m1/s1. The Morgan fingerprint density at radius 1 is 1.14 bits per heavy atom. The minimum Gasteiger partial charge on any atom is -0.355 e. The van der Waals surface area contributed by atoms with Crippen molar-refractivity contribution in [1.29, 1.82) is 0 Å². The van der Waals surface area contributed by atoms with Crippen LogP contribution in [0.1, 0.15) is 43.0 Å². The lowest BCUT2D eigenvalue weighted by molar-refractivity contribution is -0.123. The van der Waals surface area contributed by atoms with Crippen LogP contribution < -0.4 is 5.32 Å². The van der Waals surface area contributed by atoms with E-state index in [0.29, 0.717) is 24.7 Å². The number of nitrogens with zero attached hydrogens (tertiary/aromatic N) is 3. The summed E-state index contributed by atoms with van der Waals surface area (Å²) < 4.78 is 0. The van der Waals surface area contributed by atoms with Gasteiger partial charge in [0, 0.05) is 30.9 Å². The van der Waals surface area contributed by atoms with Gasteiger partial charge in [0.1, 0.15) is 5.82 Å². The second kappa shape index (κ2) is 8.78. The van der Waals surface area contributed by atoms with E-state index in [1.165, 1.54) is 12.8 Å². The monoisotopic (exact) mass is 375 g/mol. The Labute approximate surface area is 164 Å². The van der Waals surface area contributed by atoms with Crippen molar-refractivity contribution in [1.82, 2.24) is 25.5 Å². The molecule has 1 aliphatic rings. The van der Waals surface area contributed by atoms with Crippen LogP contribution in [0.2, 0.25) is 0 Å². The number of carbonyl (C=O) groups is 1. The first-order valence-electron chi connectivity index (χ1n) is 9.95. The van der Waals surface area contributed by atoms with Crippen molar-refractivity contribution in [2.24, 2.45) is 5.92 Å². The largest absolute Gasteiger partial charge is 0.355 e. The van der Waals surface area contributed by atoms with Gasteiger partial charge >= 0.3 is 0 Å². The highest BCUT2D eigenvalue weighted by molar-refractivity contribution is 5.84. The summed E-state index contributed by atoms with van der Waals surface area (Å²) in [7, 11) is 0. The van der Waals surface area contributed by atoms with Crippen LogP contribution in [0.4, 0.5) is 0 Å². The van der Waals surface area contributed by atoms with E-state index in [1.807, 2.05) is 30.3 Å². The molecule has 0 radical (unpaired) electrons. The maximum Gasteiger partial charge on any atom is 0.227 e. The summed E-state index contributed by atoms with van der Waals surface area (Å²) >= 11 is 0. The second-order valence-electron chi connectivity index (χ2n) is 7.32. The molecule has 6 heteroatoms. The van der Waals surface area contributed by atoms with Crippen LogP contribution in [-0.4, -0.2) is 32.6 Å². The summed E-state index contributed by atoms with van der Waals surface area (Å²) in [5.74, 6) is 1.87. The van der Waals surface area contributed by atoms with Crippen LogP contribution in [0.15, 0.2) is 54.9 Å². The Morgan fingerprint density at radius 2 is 1.96 bits per heavy atom. The number of amides is 1. The van der Waals surface area contributed by atoms with E-state index in [2.05, 4.69) is 37.6 Å². The Bertz CT molecular complexity index is 888. The van der Waals surface area contributed by atoms with E-state index < -0.39 is 0 Å². The van der Waals surface area contributed by atoms with Gasteiger partial charge in [-0.15, -0.1) is 0 Å². The van der Waals surface area contributed by atoms with Crippen LogP contribution >= 0.6 is 0 Å². The van der Waals surface area contributed by atoms with Crippen molar-refractivity contribution in [3.8, 4) is 11.4 Å². The summed E-state index contributed by atoms with van der Waals surface area (Å²) in [4.78, 5) is 21.6. The number of H-pyrrole nitrogens is 1. The Balaban J connectivity index is 1.37. The van der Waals surface area contributed by atoms with Crippen molar-refractivity contribution < 1.29 is 4.79 Å². The molecule has 1 atom stereocenters. The van der Waals surface area contributed by atoms with E-state index in [-0.39, 0.29) is 11.8 Å². The highest BCUT2D eigenvalue weighted by Crippen LogP contribution is 2.37. The predicted octanol–water partition coefficient (Wildman–Crippen LogP) is 3.50. The molecule has 0 unspecified atom stereocenters. The molecule has 0 bridgehead atoms. The van der Waals surface area contributed by atoms with Gasteiger partial charge in [-0.05, 0) is 36.5 Å². The molecule has 2 heterocycles. The fourth-order valence-electron chi connectivity index (χ4n) is 4.03. The molecule has 1 fully saturated rings. The Hall–Kier alpha value is -3.02. The van der Waals surface area contributed by atoms with Gasteiger partial charge in [-0.1, -0.05) is 43.2 Å². The molecule has 3 aromatic rings. The Morgan fingerprint density at radius 3 is 2.71 bits per heavy atom. The van der Waals surface area contributed by atoms with Crippen LogP contribution in [0.5, 0.6) is 0 Å². The van der Waals surface area contributed by atoms with Crippen LogP contribution in [0.3, 0.4) is 0 Å². The van der Waals surface area contributed by atoms with E-state index in [1.54, 1.807) is 12.4 Å². The number of hydrogen-bond donors (Lipinski definition) is 2. The zero-order valence-electron chi connectivity index (χ0n) is 15.8. The molecule has 28 heavy (non-hydrogen) atoms. The van der Waals surface area contributed by atoms with Crippen molar-refractivity contribution in [3.63, 3.8) is 0 Å². The molecule has 0 spiro atoms. The van der Waals surface area contributed by atoms with E-state index in [4.69, 9.17) is 0 Å². The predicted molar refractivity (Wildman–Crippen MR) is 107 cm³/mol. The minimum atomic E-state index is -0.0654. The normalized spacial score (nSPS) is 15.4. The lowest BCUT2D eigenvalue weighted by Crippen LogP contribution is -2.34. The fraction of sp³-hybridized carbons (Fsp3) is 0.364. The number of carbonyl (C=O) groups excluding carboxylic acids is 1. The third kappa shape index (κ3) is 4.27.